The molecule has 0 bridgehead atoms. The van der Waals surface area contributed by atoms with Crippen molar-refractivity contribution in [2.75, 3.05) is 66.5 Å². The summed E-state index contributed by atoms with van der Waals surface area (Å²) in [6, 6.07) is 0. The Balaban J connectivity index is 2.28. The lowest BCUT2D eigenvalue weighted by Crippen LogP contribution is -2.54. The number of hydrogen-bond donors (Lipinski definition) is 1. The van der Waals surface area contributed by atoms with Gasteiger partial charge < -0.3 is 19.9 Å². The Kier molecular flexibility index (Phi) is 8.81. The minimum Gasteiger partial charge on any atom is -0.450 e. The molecule has 10 heteroatoms. The van der Waals surface area contributed by atoms with Gasteiger partial charge in [0.2, 0.25) is 0 Å². The SMILES string of the molecule is CCOC(=O)N1CCN(C(=NC)NCCCN(C)CC(F)(F)F)CC1. The van der Waals surface area contributed by atoms with Crippen molar-refractivity contribution in [3.05, 3.63) is 0 Å². The molecule has 0 aliphatic carbocycles. The van der Waals surface area contributed by atoms with E-state index in [1.54, 1.807) is 18.9 Å². The fourth-order valence-corrected chi connectivity index (χ4v) is 2.58. The third-order valence-electron chi connectivity index (χ3n) is 3.77. The predicted molar refractivity (Wildman–Crippen MR) is 89.7 cm³/mol. The average Bonchev–Trinajstić information content (AvgIpc) is 2.54. The Hall–Kier alpha value is -1.71. The number of nitrogens with one attached hydrogen (secondary N) is 1. The fourth-order valence-electron chi connectivity index (χ4n) is 2.58. The molecule has 1 heterocycles. The van der Waals surface area contributed by atoms with Crippen molar-refractivity contribution in [3.63, 3.8) is 0 Å². The molecule has 0 spiro atoms. The van der Waals surface area contributed by atoms with E-state index in [0.29, 0.717) is 58.3 Å². The highest BCUT2D eigenvalue weighted by Crippen LogP contribution is 2.15. The zero-order valence-corrected chi connectivity index (χ0v) is 15.1. The second-order valence-electron chi connectivity index (χ2n) is 5.85. The quantitative estimate of drug-likeness (QED) is 0.435. The van der Waals surface area contributed by atoms with Gasteiger partial charge in [0.25, 0.3) is 0 Å². The molecule has 0 saturated carbocycles. The first-order chi connectivity index (χ1) is 11.8. The highest BCUT2D eigenvalue weighted by molar-refractivity contribution is 5.80. The van der Waals surface area contributed by atoms with Gasteiger partial charge in [-0.15, -0.1) is 0 Å². The maximum absolute atomic E-state index is 12.3. The molecule has 0 radical (unpaired) electrons. The number of aliphatic imine (C=N–C) groups is 1. The number of piperazine rings is 1. The zero-order chi connectivity index (χ0) is 18.9. The number of carbonyl (C=O) groups is 1. The van der Waals surface area contributed by atoms with Crippen molar-refractivity contribution in [1.29, 1.82) is 0 Å². The van der Waals surface area contributed by atoms with Crippen molar-refractivity contribution in [1.82, 2.24) is 20.0 Å². The summed E-state index contributed by atoms with van der Waals surface area (Å²) in [5, 5.41) is 3.16. The lowest BCUT2D eigenvalue weighted by molar-refractivity contribution is -0.143. The van der Waals surface area contributed by atoms with Crippen LogP contribution in [0.4, 0.5) is 18.0 Å². The summed E-state index contributed by atoms with van der Waals surface area (Å²) in [4.78, 5) is 20.8. The normalized spacial score (nSPS) is 16.4. The third-order valence-corrected chi connectivity index (χ3v) is 3.77. The predicted octanol–water partition coefficient (Wildman–Crippen LogP) is 1.22. The smallest absolute Gasteiger partial charge is 0.409 e. The fraction of sp³-hybridized carbons (Fsp3) is 0.867. The molecule has 1 aliphatic rings. The van der Waals surface area contributed by atoms with Crippen LogP contribution in [0.5, 0.6) is 0 Å². The van der Waals surface area contributed by atoms with E-state index in [0.717, 1.165) is 0 Å². The highest BCUT2D eigenvalue weighted by atomic mass is 19.4. The summed E-state index contributed by atoms with van der Waals surface area (Å²) in [6.07, 6.45) is -3.90. The van der Waals surface area contributed by atoms with Gasteiger partial charge in [0.1, 0.15) is 0 Å². The molecule has 0 aromatic heterocycles. The van der Waals surface area contributed by atoms with Gasteiger partial charge in [0.05, 0.1) is 13.2 Å². The number of ether oxygens (including phenoxy) is 1. The van der Waals surface area contributed by atoms with Crippen LogP contribution in [0.1, 0.15) is 13.3 Å². The molecule has 1 aliphatic heterocycles. The van der Waals surface area contributed by atoms with Crippen LogP contribution in [0.2, 0.25) is 0 Å². The Morgan fingerprint density at radius 3 is 2.36 bits per heavy atom. The average molecular weight is 367 g/mol. The number of rotatable bonds is 6. The first kappa shape index (κ1) is 21.3. The van der Waals surface area contributed by atoms with Crippen LogP contribution < -0.4 is 5.32 Å². The topological polar surface area (TPSA) is 60.4 Å². The number of alkyl halides is 3. The molecule has 1 amide bonds. The Morgan fingerprint density at radius 2 is 1.84 bits per heavy atom. The monoisotopic (exact) mass is 367 g/mol. The minimum absolute atomic E-state index is 0.308. The number of halogens is 3. The summed E-state index contributed by atoms with van der Waals surface area (Å²) in [5.74, 6) is 0.696. The summed E-state index contributed by atoms with van der Waals surface area (Å²) in [5.41, 5.74) is 0. The van der Waals surface area contributed by atoms with Gasteiger partial charge in [-0.05, 0) is 26.9 Å². The standard InChI is InChI=1S/C15H28F3N5O2/c1-4-25-14(24)23-10-8-22(9-11-23)13(19-2)20-6-5-7-21(3)12-15(16,17)18/h4-12H2,1-3H3,(H,19,20). The van der Waals surface area contributed by atoms with E-state index in [4.69, 9.17) is 4.74 Å². The van der Waals surface area contributed by atoms with E-state index in [1.165, 1.54) is 11.9 Å². The first-order valence-electron chi connectivity index (χ1n) is 8.39. The van der Waals surface area contributed by atoms with Crippen molar-refractivity contribution >= 4 is 12.1 Å². The van der Waals surface area contributed by atoms with Gasteiger partial charge >= 0.3 is 12.3 Å². The van der Waals surface area contributed by atoms with Crippen molar-refractivity contribution in [2.45, 2.75) is 19.5 Å². The van der Waals surface area contributed by atoms with E-state index in [-0.39, 0.29) is 6.09 Å². The molecule has 1 rings (SSSR count). The molecule has 7 nitrogen and oxygen atoms in total. The summed E-state index contributed by atoms with van der Waals surface area (Å²) in [6.45, 7) is 4.46. The van der Waals surface area contributed by atoms with Crippen LogP contribution in [-0.2, 0) is 4.74 Å². The third kappa shape index (κ3) is 8.28. The number of nitrogens with zero attached hydrogens (tertiary/aromatic N) is 4. The van der Waals surface area contributed by atoms with Crippen LogP contribution in [0.25, 0.3) is 0 Å². The number of amides is 1. The summed E-state index contributed by atoms with van der Waals surface area (Å²) in [7, 11) is 3.12. The lowest BCUT2D eigenvalue weighted by Gasteiger charge is -2.35. The highest BCUT2D eigenvalue weighted by Gasteiger charge is 2.29. The second-order valence-corrected chi connectivity index (χ2v) is 5.85. The van der Waals surface area contributed by atoms with Crippen molar-refractivity contribution < 1.29 is 22.7 Å². The molecule has 1 saturated heterocycles. The summed E-state index contributed by atoms with van der Waals surface area (Å²) >= 11 is 0. The number of carbonyl (C=O) groups excluding carboxylic acids is 1. The Bertz CT molecular complexity index is 437. The number of hydrogen-bond acceptors (Lipinski definition) is 4. The van der Waals surface area contributed by atoms with Gasteiger partial charge in [-0.25, -0.2) is 4.79 Å². The van der Waals surface area contributed by atoms with E-state index in [9.17, 15) is 18.0 Å². The lowest BCUT2D eigenvalue weighted by atomic mass is 10.3. The van der Waals surface area contributed by atoms with Crippen molar-refractivity contribution in [2.24, 2.45) is 4.99 Å². The molecule has 0 atom stereocenters. The molecule has 1 fully saturated rings. The molecule has 1 N–H and O–H groups in total. The van der Waals surface area contributed by atoms with Gasteiger partial charge in [0.15, 0.2) is 5.96 Å². The molecule has 0 unspecified atom stereocenters. The van der Waals surface area contributed by atoms with Crippen LogP contribution in [0.15, 0.2) is 4.99 Å². The van der Waals surface area contributed by atoms with Gasteiger partial charge in [-0.2, -0.15) is 13.2 Å². The van der Waals surface area contributed by atoms with E-state index >= 15 is 0 Å². The van der Waals surface area contributed by atoms with E-state index in [2.05, 4.69) is 10.3 Å². The van der Waals surface area contributed by atoms with Gasteiger partial charge in [-0.3, -0.25) is 9.89 Å². The molecular formula is C15H28F3N5O2. The molecule has 0 aromatic rings. The molecule has 0 aromatic carbocycles. The molecule has 25 heavy (non-hydrogen) atoms. The van der Waals surface area contributed by atoms with Crippen LogP contribution in [0.3, 0.4) is 0 Å². The number of guanidine groups is 1. The van der Waals surface area contributed by atoms with Crippen LogP contribution in [-0.4, -0.2) is 99.4 Å². The maximum Gasteiger partial charge on any atom is 0.409 e. The largest absolute Gasteiger partial charge is 0.450 e. The maximum atomic E-state index is 12.3. The minimum atomic E-state index is -4.17. The first-order valence-corrected chi connectivity index (χ1v) is 8.39. The van der Waals surface area contributed by atoms with Crippen LogP contribution >= 0.6 is 0 Å². The Morgan fingerprint density at radius 1 is 1.24 bits per heavy atom. The molecule has 146 valence electrons. The summed E-state index contributed by atoms with van der Waals surface area (Å²) < 4.78 is 41.8. The second kappa shape index (κ2) is 10.3. The van der Waals surface area contributed by atoms with Gasteiger partial charge in [-0.1, -0.05) is 0 Å². The van der Waals surface area contributed by atoms with Crippen LogP contribution in [0, 0.1) is 0 Å². The van der Waals surface area contributed by atoms with E-state index in [1.807, 2.05) is 4.90 Å². The van der Waals surface area contributed by atoms with E-state index < -0.39 is 12.7 Å². The zero-order valence-electron chi connectivity index (χ0n) is 15.1. The van der Waals surface area contributed by atoms with Crippen molar-refractivity contribution in [3.8, 4) is 0 Å². The molecular weight excluding hydrogens is 339 g/mol. The Labute approximate surface area is 146 Å². The van der Waals surface area contributed by atoms with Gasteiger partial charge in [0, 0.05) is 39.8 Å².